The Morgan fingerprint density at radius 1 is 1.25 bits per heavy atom. The van der Waals surface area contributed by atoms with E-state index in [-0.39, 0.29) is 17.7 Å². The summed E-state index contributed by atoms with van der Waals surface area (Å²) < 4.78 is 0.783. The molecule has 24 heavy (non-hydrogen) atoms. The molecule has 2 aromatic rings. The molecule has 0 saturated carbocycles. The molecule has 1 aliphatic rings. The second kappa shape index (κ2) is 7.71. The number of carbonyl (C=O) groups excluding carboxylic acids is 1. The summed E-state index contributed by atoms with van der Waals surface area (Å²) in [6.07, 6.45) is 6.27. The third-order valence-corrected chi connectivity index (χ3v) is 5.41. The molecule has 5 heteroatoms. The first-order chi connectivity index (χ1) is 11.6. The Morgan fingerprint density at radius 2 is 2.04 bits per heavy atom. The van der Waals surface area contributed by atoms with Crippen LogP contribution in [0.1, 0.15) is 42.5 Å². The minimum atomic E-state index is -0.0610. The van der Waals surface area contributed by atoms with Crippen molar-refractivity contribution in [2.75, 3.05) is 5.75 Å². The lowest BCUT2D eigenvalue weighted by molar-refractivity contribution is -0.645. The standard InChI is InChI=1S/C19H22N2O2S/c1-14(16-10-9-15-6-2-3-7-17(15)12-16)20-18(22)13-24-19-8-4-5-11-21(19)23/h4-5,8-12,14H,2-3,6-7,13H2,1H3,(H,20,22)/t14-/m0/s1. The second-order valence-electron chi connectivity index (χ2n) is 6.18. The van der Waals surface area contributed by atoms with Crippen molar-refractivity contribution in [2.45, 2.75) is 43.7 Å². The van der Waals surface area contributed by atoms with Gasteiger partial charge in [-0.3, -0.25) is 4.79 Å². The summed E-state index contributed by atoms with van der Waals surface area (Å²) >= 11 is 1.25. The predicted octanol–water partition coefficient (Wildman–Crippen LogP) is 3.17. The van der Waals surface area contributed by atoms with Gasteiger partial charge in [-0.2, -0.15) is 4.73 Å². The Labute approximate surface area is 146 Å². The van der Waals surface area contributed by atoms with Crippen LogP contribution in [0.3, 0.4) is 0 Å². The van der Waals surface area contributed by atoms with Gasteiger partial charge in [0.25, 0.3) is 5.03 Å². The number of thioether (sulfide) groups is 1. The molecule has 0 bridgehead atoms. The number of benzene rings is 1. The zero-order valence-electron chi connectivity index (χ0n) is 13.8. The van der Waals surface area contributed by atoms with Crippen molar-refractivity contribution in [1.29, 1.82) is 0 Å². The van der Waals surface area contributed by atoms with Gasteiger partial charge in [0.2, 0.25) is 5.91 Å². The van der Waals surface area contributed by atoms with Gasteiger partial charge < -0.3 is 10.5 Å². The fourth-order valence-corrected chi connectivity index (χ4v) is 3.78. The second-order valence-corrected chi connectivity index (χ2v) is 7.17. The number of carbonyl (C=O) groups is 1. The van der Waals surface area contributed by atoms with E-state index in [1.165, 1.54) is 48.3 Å². The number of nitrogens with zero attached hydrogens (tertiary/aromatic N) is 1. The van der Waals surface area contributed by atoms with E-state index in [0.717, 1.165) is 16.7 Å². The fourth-order valence-electron chi connectivity index (χ4n) is 3.05. The number of nitrogens with one attached hydrogen (secondary N) is 1. The molecule has 4 nitrogen and oxygen atoms in total. The Bertz CT molecular complexity index is 733. The normalized spacial score (nSPS) is 14.7. The molecule has 0 spiro atoms. The summed E-state index contributed by atoms with van der Waals surface area (Å²) in [4.78, 5) is 12.2. The molecule has 1 aromatic heterocycles. The van der Waals surface area contributed by atoms with Crippen LogP contribution in [0.2, 0.25) is 0 Å². The van der Waals surface area contributed by atoms with Crippen LogP contribution in [0.15, 0.2) is 47.6 Å². The predicted molar refractivity (Wildman–Crippen MR) is 95.8 cm³/mol. The van der Waals surface area contributed by atoms with Crippen LogP contribution in [0, 0.1) is 5.21 Å². The summed E-state index contributed by atoms with van der Waals surface area (Å²) in [5, 5.41) is 15.1. The fraction of sp³-hybridized carbons (Fsp3) is 0.368. The summed E-state index contributed by atoms with van der Waals surface area (Å²) in [7, 11) is 0. The number of aromatic nitrogens is 1. The third kappa shape index (κ3) is 4.09. The highest BCUT2D eigenvalue weighted by atomic mass is 32.2. The molecule has 1 N–H and O–H groups in total. The summed E-state index contributed by atoms with van der Waals surface area (Å²) in [6, 6.07) is 11.7. The molecule has 3 rings (SSSR count). The number of hydrogen-bond acceptors (Lipinski definition) is 3. The highest BCUT2D eigenvalue weighted by molar-refractivity contribution is 7.99. The highest BCUT2D eigenvalue weighted by Crippen LogP contribution is 2.25. The van der Waals surface area contributed by atoms with E-state index < -0.39 is 0 Å². The molecule has 0 radical (unpaired) electrons. The Balaban J connectivity index is 1.57. The topological polar surface area (TPSA) is 56.0 Å². The van der Waals surface area contributed by atoms with Gasteiger partial charge in [0.05, 0.1) is 11.8 Å². The van der Waals surface area contributed by atoms with Crippen LogP contribution in [0.4, 0.5) is 0 Å². The first kappa shape index (κ1) is 16.8. The molecule has 126 valence electrons. The van der Waals surface area contributed by atoms with Gasteiger partial charge in [-0.15, -0.1) is 0 Å². The van der Waals surface area contributed by atoms with Crippen LogP contribution >= 0.6 is 11.8 Å². The van der Waals surface area contributed by atoms with E-state index in [0.29, 0.717) is 5.03 Å². The Morgan fingerprint density at radius 3 is 2.83 bits per heavy atom. The molecule has 1 aromatic carbocycles. The van der Waals surface area contributed by atoms with Gasteiger partial charge in [-0.25, -0.2) is 0 Å². The first-order valence-corrected chi connectivity index (χ1v) is 9.34. The molecule has 1 heterocycles. The van der Waals surface area contributed by atoms with Crippen LogP contribution in [0.25, 0.3) is 0 Å². The molecule has 0 saturated heterocycles. The molecule has 0 unspecified atom stereocenters. The molecule has 0 fully saturated rings. The SMILES string of the molecule is C[C@H](NC(=O)CSc1cccc[n+]1[O-])c1ccc2c(c1)CCCC2. The number of amides is 1. The minimum absolute atomic E-state index is 0.0273. The zero-order chi connectivity index (χ0) is 16.9. The Kier molecular flexibility index (Phi) is 5.41. The minimum Gasteiger partial charge on any atom is -0.618 e. The molecular weight excluding hydrogens is 320 g/mol. The summed E-state index contributed by atoms with van der Waals surface area (Å²) in [5.74, 6) is 0.177. The van der Waals surface area contributed by atoms with Crippen LogP contribution in [-0.4, -0.2) is 11.7 Å². The molecule has 1 atom stereocenters. The van der Waals surface area contributed by atoms with E-state index >= 15 is 0 Å². The largest absolute Gasteiger partial charge is 0.618 e. The van der Waals surface area contributed by atoms with E-state index in [1.807, 2.05) is 6.92 Å². The van der Waals surface area contributed by atoms with Gasteiger partial charge in [-0.1, -0.05) is 18.2 Å². The summed E-state index contributed by atoms with van der Waals surface area (Å²) in [5.41, 5.74) is 4.02. The van der Waals surface area contributed by atoms with Crippen molar-refractivity contribution in [3.8, 4) is 0 Å². The van der Waals surface area contributed by atoms with Crippen molar-refractivity contribution < 1.29 is 9.52 Å². The number of fused-ring (bicyclic) bond motifs is 1. The van der Waals surface area contributed by atoms with Crippen molar-refractivity contribution in [1.82, 2.24) is 5.32 Å². The zero-order valence-corrected chi connectivity index (χ0v) is 14.6. The molecular formula is C19H22N2O2S. The maximum Gasteiger partial charge on any atom is 0.251 e. The number of aryl methyl sites for hydroxylation is 2. The Hall–Kier alpha value is -2.01. The molecule has 0 aliphatic heterocycles. The summed E-state index contributed by atoms with van der Waals surface area (Å²) in [6.45, 7) is 2.00. The van der Waals surface area contributed by atoms with Gasteiger partial charge in [-0.05, 0) is 67.1 Å². The van der Waals surface area contributed by atoms with Gasteiger partial charge >= 0.3 is 0 Å². The van der Waals surface area contributed by atoms with E-state index in [2.05, 4.69) is 23.5 Å². The monoisotopic (exact) mass is 342 g/mol. The van der Waals surface area contributed by atoms with Crippen LogP contribution < -0.4 is 10.0 Å². The van der Waals surface area contributed by atoms with Gasteiger partial charge in [0.1, 0.15) is 0 Å². The lowest BCUT2D eigenvalue weighted by atomic mass is 9.89. The number of pyridine rings is 1. The first-order valence-electron chi connectivity index (χ1n) is 8.35. The van der Waals surface area contributed by atoms with Gasteiger partial charge in [0.15, 0.2) is 6.20 Å². The third-order valence-electron chi connectivity index (χ3n) is 4.39. The maximum atomic E-state index is 12.2. The van der Waals surface area contributed by atoms with E-state index in [1.54, 1.807) is 18.2 Å². The number of hydrogen-bond donors (Lipinski definition) is 1. The lowest BCUT2D eigenvalue weighted by Gasteiger charge is -2.20. The lowest BCUT2D eigenvalue weighted by Crippen LogP contribution is -2.31. The number of rotatable bonds is 5. The van der Waals surface area contributed by atoms with Crippen molar-refractivity contribution >= 4 is 17.7 Å². The maximum absolute atomic E-state index is 12.2. The van der Waals surface area contributed by atoms with Crippen LogP contribution in [0.5, 0.6) is 0 Å². The van der Waals surface area contributed by atoms with Crippen LogP contribution in [-0.2, 0) is 17.6 Å². The van der Waals surface area contributed by atoms with Crippen molar-refractivity contribution in [2.24, 2.45) is 0 Å². The van der Waals surface area contributed by atoms with Gasteiger partial charge in [0, 0.05) is 12.1 Å². The average Bonchev–Trinajstić information content (AvgIpc) is 2.60. The smallest absolute Gasteiger partial charge is 0.251 e. The van der Waals surface area contributed by atoms with E-state index in [4.69, 9.17) is 0 Å². The molecule has 1 aliphatic carbocycles. The van der Waals surface area contributed by atoms with E-state index in [9.17, 15) is 10.0 Å². The highest BCUT2D eigenvalue weighted by Gasteiger charge is 2.15. The quantitative estimate of drug-likeness (QED) is 0.516. The van der Waals surface area contributed by atoms with Crippen molar-refractivity contribution in [3.63, 3.8) is 0 Å². The average molecular weight is 342 g/mol. The van der Waals surface area contributed by atoms with Crippen molar-refractivity contribution in [3.05, 3.63) is 64.5 Å². The molecule has 1 amide bonds.